The van der Waals surface area contributed by atoms with Crippen LogP contribution in [-0.2, 0) is 6.54 Å². The minimum Gasteiger partial charge on any atom is -0.319 e. The Labute approximate surface area is 133 Å². The zero-order chi connectivity index (χ0) is 15.5. The summed E-state index contributed by atoms with van der Waals surface area (Å²) in [4.78, 5) is 13.9. The van der Waals surface area contributed by atoms with Crippen molar-refractivity contribution in [2.75, 3.05) is 5.32 Å². The molecule has 22 heavy (non-hydrogen) atoms. The third-order valence-electron chi connectivity index (χ3n) is 3.28. The van der Waals surface area contributed by atoms with Crippen molar-refractivity contribution in [1.29, 1.82) is 0 Å². The number of hydrogen-bond donors (Lipinski definition) is 1. The van der Waals surface area contributed by atoms with Gasteiger partial charge >= 0.3 is 0 Å². The molecular formula is C17H17N3OS. The maximum atomic E-state index is 12.1. The van der Waals surface area contributed by atoms with Gasteiger partial charge in [-0.15, -0.1) is 11.3 Å². The fourth-order valence-electron chi connectivity index (χ4n) is 2.26. The number of carbonyl (C=O) groups is 1. The first-order valence-corrected chi connectivity index (χ1v) is 7.87. The van der Waals surface area contributed by atoms with Gasteiger partial charge in [-0.3, -0.25) is 9.48 Å². The van der Waals surface area contributed by atoms with E-state index in [9.17, 15) is 4.79 Å². The number of anilines is 1. The highest BCUT2D eigenvalue weighted by Crippen LogP contribution is 2.17. The van der Waals surface area contributed by atoms with Crippen LogP contribution >= 0.6 is 11.3 Å². The fourth-order valence-corrected chi connectivity index (χ4v) is 3.02. The van der Waals surface area contributed by atoms with Crippen molar-refractivity contribution in [2.45, 2.75) is 20.4 Å². The Morgan fingerprint density at radius 3 is 2.86 bits per heavy atom. The second-order valence-electron chi connectivity index (χ2n) is 5.28. The normalized spacial score (nSPS) is 10.6. The summed E-state index contributed by atoms with van der Waals surface area (Å²) in [5, 5.41) is 7.18. The molecule has 3 aromatic rings. The zero-order valence-corrected chi connectivity index (χ0v) is 13.4. The molecular weight excluding hydrogens is 294 g/mol. The summed E-state index contributed by atoms with van der Waals surface area (Å²) < 4.78 is 1.82. The van der Waals surface area contributed by atoms with Gasteiger partial charge in [0.1, 0.15) is 0 Å². The molecule has 1 amide bonds. The number of hydrogen-bond acceptors (Lipinski definition) is 3. The summed E-state index contributed by atoms with van der Waals surface area (Å²) in [5.74, 6) is -0.0896. The standard InChI is InChI=1S/C17H17N3OS/c1-12-4-3-5-14(8-12)10-20-11-15(9-18-20)19-17(21)16-7-6-13(2)22-16/h3-9,11H,10H2,1-2H3,(H,19,21). The van der Waals surface area contributed by atoms with Crippen LogP contribution in [0.3, 0.4) is 0 Å². The Hall–Kier alpha value is -2.40. The zero-order valence-electron chi connectivity index (χ0n) is 12.5. The molecule has 2 heterocycles. The molecule has 5 heteroatoms. The molecule has 112 valence electrons. The highest BCUT2D eigenvalue weighted by molar-refractivity contribution is 7.14. The minimum absolute atomic E-state index is 0.0896. The summed E-state index contributed by atoms with van der Waals surface area (Å²) in [7, 11) is 0. The van der Waals surface area contributed by atoms with Gasteiger partial charge in [0.15, 0.2) is 0 Å². The van der Waals surface area contributed by atoms with E-state index in [0.29, 0.717) is 17.1 Å². The number of aryl methyl sites for hydroxylation is 2. The molecule has 0 aliphatic carbocycles. The Morgan fingerprint density at radius 2 is 2.14 bits per heavy atom. The Balaban J connectivity index is 1.67. The topological polar surface area (TPSA) is 46.9 Å². The summed E-state index contributed by atoms with van der Waals surface area (Å²) in [6.45, 7) is 4.75. The van der Waals surface area contributed by atoms with Gasteiger partial charge in [0.2, 0.25) is 0 Å². The van der Waals surface area contributed by atoms with Crippen molar-refractivity contribution >= 4 is 22.9 Å². The average Bonchev–Trinajstić information content (AvgIpc) is 3.08. The summed E-state index contributed by atoms with van der Waals surface area (Å²) >= 11 is 1.49. The van der Waals surface area contributed by atoms with Crippen LogP contribution in [0.2, 0.25) is 0 Å². The average molecular weight is 311 g/mol. The highest BCUT2D eigenvalue weighted by atomic mass is 32.1. The quantitative estimate of drug-likeness (QED) is 0.795. The number of aromatic nitrogens is 2. The van der Waals surface area contributed by atoms with Crippen molar-refractivity contribution in [1.82, 2.24) is 9.78 Å². The van der Waals surface area contributed by atoms with Gasteiger partial charge in [0.25, 0.3) is 5.91 Å². The van der Waals surface area contributed by atoms with E-state index in [1.807, 2.05) is 36.0 Å². The molecule has 0 saturated carbocycles. The van der Waals surface area contributed by atoms with Crippen molar-refractivity contribution in [3.05, 3.63) is 69.7 Å². The van der Waals surface area contributed by atoms with Crippen LogP contribution in [0.4, 0.5) is 5.69 Å². The van der Waals surface area contributed by atoms with Gasteiger partial charge in [-0.2, -0.15) is 5.10 Å². The van der Waals surface area contributed by atoms with Crippen molar-refractivity contribution < 1.29 is 4.79 Å². The van der Waals surface area contributed by atoms with Crippen molar-refractivity contribution in [3.63, 3.8) is 0 Å². The Bertz CT molecular complexity index is 804. The van der Waals surface area contributed by atoms with Crippen LogP contribution in [0.15, 0.2) is 48.8 Å². The molecule has 0 aliphatic rings. The van der Waals surface area contributed by atoms with E-state index in [2.05, 4.69) is 35.5 Å². The second-order valence-corrected chi connectivity index (χ2v) is 6.57. The van der Waals surface area contributed by atoms with Gasteiger partial charge in [-0.05, 0) is 31.5 Å². The third-order valence-corrected chi connectivity index (χ3v) is 4.28. The molecule has 0 radical (unpaired) electrons. The van der Waals surface area contributed by atoms with Gasteiger partial charge in [-0.25, -0.2) is 0 Å². The van der Waals surface area contributed by atoms with Crippen LogP contribution in [0.5, 0.6) is 0 Å². The molecule has 0 spiro atoms. The maximum Gasteiger partial charge on any atom is 0.265 e. The Kier molecular flexibility index (Phi) is 4.06. The molecule has 0 atom stereocenters. The number of nitrogens with zero attached hydrogens (tertiary/aromatic N) is 2. The smallest absolute Gasteiger partial charge is 0.265 e. The van der Waals surface area contributed by atoms with Gasteiger partial charge < -0.3 is 5.32 Å². The number of rotatable bonds is 4. The van der Waals surface area contributed by atoms with Crippen LogP contribution in [-0.4, -0.2) is 15.7 Å². The van der Waals surface area contributed by atoms with Crippen LogP contribution in [0.1, 0.15) is 25.7 Å². The van der Waals surface area contributed by atoms with E-state index in [1.54, 1.807) is 6.20 Å². The first-order chi connectivity index (χ1) is 10.6. The highest BCUT2D eigenvalue weighted by Gasteiger charge is 2.09. The Morgan fingerprint density at radius 1 is 1.27 bits per heavy atom. The first-order valence-electron chi connectivity index (χ1n) is 7.06. The van der Waals surface area contributed by atoms with E-state index < -0.39 is 0 Å². The van der Waals surface area contributed by atoms with Gasteiger partial charge in [0, 0.05) is 11.1 Å². The number of amides is 1. The third kappa shape index (κ3) is 3.43. The lowest BCUT2D eigenvalue weighted by atomic mass is 10.1. The lowest BCUT2D eigenvalue weighted by Gasteiger charge is -2.03. The predicted octanol–water partition coefficient (Wildman–Crippen LogP) is 3.86. The number of carbonyl (C=O) groups excluding carboxylic acids is 1. The molecule has 1 aromatic carbocycles. The number of benzene rings is 1. The molecule has 0 aliphatic heterocycles. The summed E-state index contributed by atoms with van der Waals surface area (Å²) in [5.41, 5.74) is 3.13. The maximum absolute atomic E-state index is 12.1. The lowest BCUT2D eigenvalue weighted by Crippen LogP contribution is -2.09. The van der Waals surface area contributed by atoms with E-state index in [0.717, 1.165) is 4.88 Å². The molecule has 1 N–H and O–H groups in total. The lowest BCUT2D eigenvalue weighted by molar-refractivity contribution is 0.103. The van der Waals surface area contributed by atoms with E-state index in [4.69, 9.17) is 0 Å². The van der Waals surface area contributed by atoms with Crippen LogP contribution in [0.25, 0.3) is 0 Å². The molecule has 0 fully saturated rings. The molecule has 2 aromatic heterocycles. The molecule has 0 bridgehead atoms. The number of nitrogens with one attached hydrogen (secondary N) is 1. The minimum atomic E-state index is -0.0896. The molecule has 0 saturated heterocycles. The monoisotopic (exact) mass is 311 g/mol. The van der Waals surface area contributed by atoms with Crippen LogP contribution < -0.4 is 5.32 Å². The first kappa shape index (κ1) is 14.5. The summed E-state index contributed by atoms with van der Waals surface area (Å²) in [6.07, 6.45) is 3.52. The fraction of sp³-hybridized carbons (Fsp3) is 0.176. The molecule has 3 rings (SSSR count). The van der Waals surface area contributed by atoms with Crippen molar-refractivity contribution in [3.8, 4) is 0 Å². The molecule has 4 nitrogen and oxygen atoms in total. The SMILES string of the molecule is Cc1cccc(Cn2cc(NC(=O)c3ccc(C)s3)cn2)c1. The van der Waals surface area contributed by atoms with Crippen LogP contribution in [0, 0.1) is 13.8 Å². The van der Waals surface area contributed by atoms with Crippen molar-refractivity contribution in [2.24, 2.45) is 0 Å². The number of thiophene rings is 1. The summed E-state index contributed by atoms with van der Waals surface area (Å²) in [6, 6.07) is 12.1. The second kappa shape index (κ2) is 6.15. The van der Waals surface area contributed by atoms with Gasteiger partial charge in [-0.1, -0.05) is 29.8 Å². The van der Waals surface area contributed by atoms with E-state index in [-0.39, 0.29) is 5.91 Å². The predicted molar refractivity (Wildman–Crippen MR) is 89.5 cm³/mol. The largest absolute Gasteiger partial charge is 0.319 e. The van der Waals surface area contributed by atoms with Gasteiger partial charge in [0.05, 0.1) is 23.3 Å². The van der Waals surface area contributed by atoms with E-state index in [1.165, 1.54) is 22.5 Å². The van der Waals surface area contributed by atoms with E-state index >= 15 is 0 Å². The molecule has 0 unspecified atom stereocenters.